The Morgan fingerprint density at radius 1 is 1.10 bits per heavy atom. The van der Waals surface area contributed by atoms with Crippen molar-refractivity contribution in [2.75, 3.05) is 17.4 Å². The Morgan fingerprint density at radius 2 is 1.88 bits per heavy atom. The van der Waals surface area contributed by atoms with Gasteiger partial charge in [-0.3, -0.25) is 13.8 Å². The lowest BCUT2D eigenvalue weighted by molar-refractivity contribution is -0.137. The average molecular weight is 593 g/mol. The van der Waals surface area contributed by atoms with E-state index < -0.39 is 56.8 Å². The summed E-state index contributed by atoms with van der Waals surface area (Å²) in [6, 6.07) is 10.0. The van der Waals surface area contributed by atoms with Crippen molar-refractivity contribution in [1.82, 2.24) is 15.1 Å². The van der Waals surface area contributed by atoms with Crippen molar-refractivity contribution in [3.8, 4) is 16.9 Å². The number of nitrogens with one attached hydrogen (secondary N) is 1. The molecule has 0 spiro atoms. The number of anilines is 1. The first-order chi connectivity index (χ1) is 19.3. The Hall–Kier alpha value is -4.46. The second kappa shape index (κ2) is 10.5. The molecule has 5 rings (SSSR count). The standard InChI is InChI=1S/C27H21F5N4O4S/c1-35-14-17(12-34-35)26(37)33-13-20-15-36(41(38,39)21-4-2-3-18(10-21)27(30,31)32)24-9-16(5-8-25(24)40-20)22-11-19(28)6-7-23(22)29/h2-12,14,20H,13,15H2,1H3,(H,33,37)/t20-/m0/s1. The Balaban J connectivity index is 1.54. The van der Waals surface area contributed by atoms with Crippen LogP contribution in [-0.2, 0) is 23.2 Å². The van der Waals surface area contributed by atoms with Crippen LogP contribution in [0.3, 0.4) is 0 Å². The van der Waals surface area contributed by atoms with Gasteiger partial charge in [0.05, 0.1) is 41.0 Å². The molecule has 0 aliphatic carbocycles. The molecule has 214 valence electrons. The largest absolute Gasteiger partial charge is 0.484 e. The quantitative estimate of drug-likeness (QED) is 0.326. The van der Waals surface area contributed by atoms with Gasteiger partial charge >= 0.3 is 6.18 Å². The van der Waals surface area contributed by atoms with Crippen LogP contribution < -0.4 is 14.4 Å². The molecule has 1 aromatic heterocycles. The van der Waals surface area contributed by atoms with Gasteiger partial charge in [0, 0.05) is 18.8 Å². The summed E-state index contributed by atoms with van der Waals surface area (Å²) in [6.45, 7) is -0.573. The normalized spacial score (nSPS) is 15.3. The molecule has 1 amide bonds. The van der Waals surface area contributed by atoms with E-state index in [1.54, 1.807) is 7.05 Å². The molecule has 1 atom stereocenters. The third kappa shape index (κ3) is 5.73. The fourth-order valence-corrected chi connectivity index (χ4v) is 5.88. The smallest absolute Gasteiger partial charge is 0.416 e. The highest BCUT2D eigenvalue weighted by Gasteiger charge is 2.37. The van der Waals surface area contributed by atoms with Crippen molar-refractivity contribution in [1.29, 1.82) is 0 Å². The average Bonchev–Trinajstić information content (AvgIpc) is 3.38. The van der Waals surface area contributed by atoms with E-state index in [-0.39, 0.29) is 34.7 Å². The second-order valence-electron chi connectivity index (χ2n) is 9.22. The van der Waals surface area contributed by atoms with Gasteiger partial charge in [-0.15, -0.1) is 0 Å². The van der Waals surface area contributed by atoms with E-state index in [9.17, 15) is 35.2 Å². The van der Waals surface area contributed by atoms with E-state index in [4.69, 9.17) is 4.74 Å². The molecule has 0 saturated carbocycles. The van der Waals surface area contributed by atoms with Crippen LogP contribution in [0.2, 0.25) is 0 Å². The molecule has 2 heterocycles. The number of alkyl halides is 3. The van der Waals surface area contributed by atoms with Gasteiger partial charge in [0.1, 0.15) is 23.5 Å². The van der Waals surface area contributed by atoms with E-state index in [1.165, 1.54) is 35.3 Å². The number of fused-ring (bicyclic) bond motifs is 1. The zero-order valence-electron chi connectivity index (χ0n) is 21.2. The number of rotatable bonds is 6. The third-order valence-corrected chi connectivity index (χ3v) is 8.11. The van der Waals surface area contributed by atoms with Gasteiger partial charge in [0.15, 0.2) is 0 Å². The molecular weight excluding hydrogens is 571 g/mol. The number of aryl methyl sites for hydroxylation is 1. The van der Waals surface area contributed by atoms with E-state index in [1.807, 2.05) is 0 Å². The first-order valence-corrected chi connectivity index (χ1v) is 13.5. The lowest BCUT2D eigenvalue weighted by Gasteiger charge is -2.36. The van der Waals surface area contributed by atoms with Gasteiger partial charge in [-0.25, -0.2) is 17.2 Å². The Bertz CT molecular complexity index is 1740. The molecule has 14 heteroatoms. The van der Waals surface area contributed by atoms with Crippen molar-refractivity contribution in [2.24, 2.45) is 7.05 Å². The summed E-state index contributed by atoms with van der Waals surface area (Å²) in [6.07, 6.45) is -2.94. The number of nitrogens with zero attached hydrogens (tertiary/aromatic N) is 3. The SMILES string of the molecule is Cn1cc(C(=O)NC[C@H]2CN(S(=O)(=O)c3cccc(C(F)(F)F)c3)c3cc(-c4cc(F)ccc4F)ccc3O2)cn1. The van der Waals surface area contributed by atoms with Crippen LogP contribution in [0.15, 0.2) is 78.0 Å². The molecular formula is C27H21F5N4O4S. The van der Waals surface area contributed by atoms with E-state index in [0.717, 1.165) is 40.7 Å². The summed E-state index contributed by atoms with van der Waals surface area (Å²) in [7, 11) is -3.01. The zero-order chi connectivity index (χ0) is 29.5. The molecule has 41 heavy (non-hydrogen) atoms. The molecule has 0 radical (unpaired) electrons. The van der Waals surface area contributed by atoms with E-state index in [2.05, 4.69) is 10.4 Å². The molecule has 0 bridgehead atoms. The van der Waals surface area contributed by atoms with Gasteiger partial charge in [0.25, 0.3) is 15.9 Å². The van der Waals surface area contributed by atoms with E-state index >= 15 is 0 Å². The van der Waals surface area contributed by atoms with Gasteiger partial charge in [0.2, 0.25) is 0 Å². The maximum atomic E-state index is 14.5. The Kier molecular flexibility index (Phi) is 7.19. The van der Waals surface area contributed by atoms with Crippen molar-refractivity contribution in [2.45, 2.75) is 17.2 Å². The molecule has 0 fully saturated rings. The first-order valence-electron chi connectivity index (χ1n) is 12.1. The Morgan fingerprint density at radius 3 is 2.59 bits per heavy atom. The molecule has 3 aromatic carbocycles. The minimum Gasteiger partial charge on any atom is -0.484 e. The van der Waals surface area contributed by atoms with Gasteiger partial charge < -0.3 is 10.1 Å². The minimum atomic E-state index is -4.80. The summed E-state index contributed by atoms with van der Waals surface area (Å²) in [5, 5.41) is 6.54. The van der Waals surface area contributed by atoms with Crippen LogP contribution in [0.5, 0.6) is 5.75 Å². The second-order valence-corrected chi connectivity index (χ2v) is 11.1. The highest BCUT2D eigenvalue weighted by Crippen LogP contribution is 2.41. The van der Waals surface area contributed by atoms with Crippen LogP contribution in [0.25, 0.3) is 11.1 Å². The summed E-state index contributed by atoms with van der Waals surface area (Å²) < 4.78 is 104. The molecule has 1 aliphatic rings. The van der Waals surface area contributed by atoms with Crippen LogP contribution in [0, 0.1) is 11.6 Å². The minimum absolute atomic E-state index is 0.00740. The molecule has 0 unspecified atom stereocenters. The molecule has 0 saturated heterocycles. The number of hydrogen-bond acceptors (Lipinski definition) is 5. The number of carbonyl (C=O) groups excluding carboxylic acids is 1. The maximum Gasteiger partial charge on any atom is 0.416 e. The fraction of sp³-hybridized carbons (Fsp3) is 0.185. The third-order valence-electron chi connectivity index (χ3n) is 6.34. The lowest BCUT2D eigenvalue weighted by atomic mass is 10.0. The zero-order valence-corrected chi connectivity index (χ0v) is 22.0. The topological polar surface area (TPSA) is 93.5 Å². The summed E-state index contributed by atoms with van der Waals surface area (Å²) in [4.78, 5) is 11.9. The van der Waals surface area contributed by atoms with Crippen LogP contribution in [0.1, 0.15) is 15.9 Å². The van der Waals surface area contributed by atoms with Gasteiger partial charge in [-0.05, 0) is 54.1 Å². The molecule has 1 N–H and O–H groups in total. The molecule has 8 nitrogen and oxygen atoms in total. The maximum absolute atomic E-state index is 14.5. The van der Waals surface area contributed by atoms with E-state index in [0.29, 0.717) is 6.07 Å². The Labute approximate surface area is 231 Å². The number of amides is 1. The number of ether oxygens (including phenoxy) is 1. The highest BCUT2D eigenvalue weighted by molar-refractivity contribution is 7.92. The monoisotopic (exact) mass is 592 g/mol. The summed E-state index contributed by atoms with van der Waals surface area (Å²) in [5.41, 5.74) is -1.06. The number of hydrogen-bond donors (Lipinski definition) is 1. The summed E-state index contributed by atoms with van der Waals surface area (Å²) >= 11 is 0. The van der Waals surface area contributed by atoms with Gasteiger partial charge in [-0.1, -0.05) is 12.1 Å². The van der Waals surface area contributed by atoms with Crippen LogP contribution in [-0.4, -0.2) is 43.3 Å². The van der Waals surface area contributed by atoms with Crippen molar-refractivity contribution >= 4 is 21.6 Å². The number of benzene rings is 3. The summed E-state index contributed by atoms with van der Waals surface area (Å²) in [5.74, 6) is -2.00. The number of halogens is 5. The number of aromatic nitrogens is 2. The lowest BCUT2D eigenvalue weighted by Crippen LogP contribution is -2.48. The van der Waals surface area contributed by atoms with Gasteiger partial charge in [-0.2, -0.15) is 18.3 Å². The number of sulfonamides is 1. The fourth-order valence-electron chi connectivity index (χ4n) is 4.34. The number of carbonyl (C=O) groups is 1. The van der Waals surface area contributed by atoms with Crippen molar-refractivity contribution < 1.29 is 39.9 Å². The molecule has 1 aliphatic heterocycles. The van der Waals surface area contributed by atoms with Crippen molar-refractivity contribution in [3.05, 3.63) is 95.8 Å². The first kappa shape index (κ1) is 28.1. The van der Waals surface area contributed by atoms with Crippen LogP contribution in [0.4, 0.5) is 27.6 Å². The molecule has 4 aromatic rings. The highest BCUT2D eigenvalue weighted by atomic mass is 32.2. The van der Waals surface area contributed by atoms with Crippen LogP contribution >= 0.6 is 0 Å². The van der Waals surface area contributed by atoms with Crippen molar-refractivity contribution in [3.63, 3.8) is 0 Å². The predicted octanol–water partition coefficient (Wildman–Crippen LogP) is 4.77. The predicted molar refractivity (Wildman–Crippen MR) is 138 cm³/mol.